The number of esters is 1. The summed E-state index contributed by atoms with van der Waals surface area (Å²) >= 11 is 0. The molecule has 6 rings (SSSR count). The summed E-state index contributed by atoms with van der Waals surface area (Å²) < 4.78 is 56.2. The zero-order valence-corrected chi connectivity index (χ0v) is 29.6. The minimum absolute atomic E-state index is 0. The number of nitrogens with zero attached hydrogens (tertiary/aromatic N) is 4. The largest absolute Gasteiger partial charge is 0.477 e. The van der Waals surface area contributed by atoms with Crippen LogP contribution in [0.3, 0.4) is 0 Å². The number of pyridine rings is 2. The first kappa shape index (κ1) is 41.2. The SMILES string of the molecule is C.COCCOCc1cn(Cc2ccc(F)cc2)c2cnc(C(=O)O)cc12.COCCOCc1cn(Cc2ccc(F)cc2)c2cnc(C(=O)OC)cc12. The maximum absolute atomic E-state index is 13.2. The average Bonchev–Trinajstić information content (AvgIpc) is 3.69. The number of carboxylic acids is 1. The number of methoxy groups -OCH3 is 3. The quantitative estimate of drug-likeness (QED) is 0.0824. The molecule has 1 N–H and O–H groups in total. The molecule has 0 radical (unpaired) electrons. The Kier molecular flexibility index (Phi) is 15.3. The predicted molar refractivity (Wildman–Crippen MR) is 199 cm³/mol. The number of carbonyl (C=O) groups excluding carboxylic acids is 1. The Bertz CT molecular complexity index is 2130. The number of fused-ring (bicyclic) bond motifs is 2. The van der Waals surface area contributed by atoms with Crippen LogP contribution >= 0.6 is 0 Å². The van der Waals surface area contributed by atoms with E-state index in [1.54, 1.807) is 63.0 Å². The molecule has 0 unspecified atom stereocenters. The van der Waals surface area contributed by atoms with Crippen LogP contribution in [-0.2, 0) is 50.0 Å². The van der Waals surface area contributed by atoms with E-state index in [1.807, 2.05) is 21.5 Å². The number of hydrogen-bond acceptors (Lipinski definition) is 9. The van der Waals surface area contributed by atoms with Crippen molar-refractivity contribution in [1.82, 2.24) is 19.1 Å². The van der Waals surface area contributed by atoms with Crippen LogP contribution in [0.15, 0.2) is 85.5 Å². The molecule has 0 saturated carbocycles. The number of carboxylic acid groups (broad SMARTS) is 1. The van der Waals surface area contributed by atoms with Crippen molar-refractivity contribution in [2.45, 2.75) is 33.7 Å². The number of aromatic carboxylic acids is 1. The molecule has 0 amide bonds. The topological polar surface area (TPSA) is 136 Å². The van der Waals surface area contributed by atoms with Crippen LogP contribution in [0.2, 0.25) is 0 Å². The van der Waals surface area contributed by atoms with E-state index in [9.17, 15) is 23.5 Å². The van der Waals surface area contributed by atoms with Gasteiger partial charge in [0.2, 0.25) is 0 Å². The summed E-state index contributed by atoms with van der Waals surface area (Å²) in [4.78, 5) is 31.3. The van der Waals surface area contributed by atoms with E-state index in [0.29, 0.717) is 52.7 Å². The highest BCUT2D eigenvalue weighted by Gasteiger charge is 2.16. The Hall–Kier alpha value is -5.54. The highest BCUT2D eigenvalue weighted by molar-refractivity contribution is 5.94. The minimum Gasteiger partial charge on any atom is -0.477 e. The van der Waals surface area contributed by atoms with Crippen molar-refractivity contribution in [1.29, 1.82) is 0 Å². The van der Waals surface area contributed by atoms with Crippen LogP contribution in [0.25, 0.3) is 21.8 Å². The van der Waals surface area contributed by atoms with Crippen molar-refractivity contribution < 1.29 is 47.2 Å². The van der Waals surface area contributed by atoms with Gasteiger partial charge in [-0.3, -0.25) is 0 Å². The highest BCUT2D eigenvalue weighted by Crippen LogP contribution is 2.25. The summed E-state index contributed by atoms with van der Waals surface area (Å²) in [5.41, 5.74) is 5.55. The fraction of sp³-hybridized carbons (Fsp3) is 0.300. The zero-order chi connectivity index (χ0) is 37.7. The monoisotopic (exact) mass is 746 g/mol. The number of rotatable bonds is 16. The Balaban J connectivity index is 0.000000236. The van der Waals surface area contributed by atoms with Crippen LogP contribution in [0.4, 0.5) is 8.78 Å². The van der Waals surface area contributed by atoms with Gasteiger partial charge < -0.3 is 37.9 Å². The second-order valence-corrected chi connectivity index (χ2v) is 11.9. The summed E-state index contributed by atoms with van der Waals surface area (Å²) in [5, 5.41) is 10.8. The smallest absolute Gasteiger partial charge is 0.356 e. The molecular weight excluding hydrogens is 702 g/mol. The normalized spacial score (nSPS) is 10.9. The van der Waals surface area contributed by atoms with Gasteiger partial charge in [0.15, 0.2) is 0 Å². The van der Waals surface area contributed by atoms with Crippen LogP contribution in [0, 0.1) is 11.6 Å². The lowest BCUT2D eigenvalue weighted by Crippen LogP contribution is -2.04. The summed E-state index contributed by atoms with van der Waals surface area (Å²) in [5.74, 6) is -2.13. The fourth-order valence-electron chi connectivity index (χ4n) is 5.57. The molecular formula is C40H44F2N4O8. The first-order valence-corrected chi connectivity index (χ1v) is 16.6. The number of benzene rings is 2. The average molecular weight is 747 g/mol. The van der Waals surface area contributed by atoms with Gasteiger partial charge in [-0.05, 0) is 47.5 Å². The molecule has 0 saturated heterocycles. The lowest BCUT2D eigenvalue weighted by atomic mass is 10.2. The van der Waals surface area contributed by atoms with Gasteiger partial charge in [0.05, 0.1) is 70.2 Å². The molecule has 0 bridgehead atoms. The molecule has 0 aliphatic rings. The Labute approximate surface area is 311 Å². The second-order valence-electron chi connectivity index (χ2n) is 11.9. The predicted octanol–water partition coefficient (Wildman–Crippen LogP) is 6.89. The van der Waals surface area contributed by atoms with Gasteiger partial charge in [0.25, 0.3) is 0 Å². The van der Waals surface area contributed by atoms with Gasteiger partial charge in [0, 0.05) is 61.6 Å². The third-order valence-electron chi connectivity index (χ3n) is 8.22. The molecule has 0 atom stereocenters. The maximum atomic E-state index is 13.2. The third-order valence-corrected chi connectivity index (χ3v) is 8.22. The van der Waals surface area contributed by atoms with Gasteiger partial charge in [-0.2, -0.15) is 0 Å². The summed E-state index contributed by atoms with van der Waals surface area (Å²) in [6, 6.07) is 15.9. The highest BCUT2D eigenvalue weighted by atomic mass is 19.1. The van der Waals surface area contributed by atoms with Crippen molar-refractivity contribution in [3.63, 3.8) is 0 Å². The molecule has 14 heteroatoms. The van der Waals surface area contributed by atoms with E-state index in [-0.39, 0.29) is 30.4 Å². The first-order chi connectivity index (χ1) is 25.7. The van der Waals surface area contributed by atoms with Crippen molar-refractivity contribution in [3.8, 4) is 0 Å². The van der Waals surface area contributed by atoms with Crippen LogP contribution in [0.5, 0.6) is 0 Å². The molecule has 286 valence electrons. The molecule has 4 aromatic heterocycles. The molecule has 12 nitrogen and oxygen atoms in total. The van der Waals surface area contributed by atoms with Gasteiger partial charge in [0.1, 0.15) is 23.0 Å². The standard InChI is InChI=1S/C20H21FN2O4.C19H19FN2O4.CH4/c1-25-7-8-27-13-15-12-23(11-14-3-5-16(21)6-4-14)19-10-22-18(9-17(15)19)20(24)26-2;1-25-6-7-26-12-14-11-22(10-13-2-4-15(20)5-3-13)18-9-21-17(19(23)24)8-16(14)18;/h3-6,9-10,12H,7-8,11,13H2,1-2H3;2-5,8-9,11H,6-7,10,12H2,1H3,(H,23,24);1H4. The molecule has 54 heavy (non-hydrogen) atoms. The number of aromatic nitrogens is 4. The summed E-state index contributed by atoms with van der Waals surface area (Å²) in [6.07, 6.45) is 7.06. The molecule has 6 aromatic rings. The van der Waals surface area contributed by atoms with Crippen molar-refractivity contribution in [3.05, 3.63) is 131 Å². The van der Waals surface area contributed by atoms with E-state index in [0.717, 1.165) is 44.1 Å². The lowest BCUT2D eigenvalue weighted by molar-refractivity contribution is 0.0593. The molecule has 2 aromatic carbocycles. The van der Waals surface area contributed by atoms with E-state index in [4.69, 9.17) is 23.7 Å². The van der Waals surface area contributed by atoms with E-state index in [2.05, 4.69) is 9.97 Å². The number of ether oxygens (including phenoxy) is 5. The Morgan fingerprint density at radius 1 is 0.667 bits per heavy atom. The van der Waals surface area contributed by atoms with Gasteiger partial charge in [-0.15, -0.1) is 0 Å². The van der Waals surface area contributed by atoms with Crippen LogP contribution in [0.1, 0.15) is 50.7 Å². The van der Waals surface area contributed by atoms with Gasteiger partial charge >= 0.3 is 11.9 Å². The fourth-order valence-corrected chi connectivity index (χ4v) is 5.57. The second kappa shape index (κ2) is 20.1. The van der Waals surface area contributed by atoms with Crippen molar-refractivity contribution in [2.24, 2.45) is 0 Å². The van der Waals surface area contributed by atoms with E-state index >= 15 is 0 Å². The van der Waals surface area contributed by atoms with Crippen LogP contribution in [-0.4, -0.2) is 83.9 Å². The number of halogens is 2. The molecule has 0 fully saturated rings. The minimum atomic E-state index is -1.08. The van der Waals surface area contributed by atoms with Crippen molar-refractivity contribution in [2.75, 3.05) is 47.8 Å². The number of hydrogen-bond donors (Lipinski definition) is 1. The van der Waals surface area contributed by atoms with Crippen LogP contribution < -0.4 is 0 Å². The molecule has 0 aliphatic carbocycles. The molecule has 0 spiro atoms. The first-order valence-electron chi connectivity index (χ1n) is 16.6. The third kappa shape index (κ3) is 10.8. The maximum Gasteiger partial charge on any atom is 0.356 e. The van der Waals surface area contributed by atoms with Gasteiger partial charge in [-0.1, -0.05) is 31.7 Å². The lowest BCUT2D eigenvalue weighted by Gasteiger charge is -2.06. The summed E-state index contributed by atoms with van der Waals surface area (Å²) in [7, 11) is 4.54. The van der Waals surface area contributed by atoms with E-state index < -0.39 is 11.9 Å². The Morgan fingerprint density at radius 2 is 1.09 bits per heavy atom. The van der Waals surface area contributed by atoms with Crippen molar-refractivity contribution >= 4 is 33.7 Å². The Morgan fingerprint density at radius 3 is 1.50 bits per heavy atom. The molecule has 0 aliphatic heterocycles. The van der Waals surface area contributed by atoms with E-state index in [1.165, 1.54) is 31.4 Å². The zero-order valence-electron chi connectivity index (χ0n) is 29.6. The number of carbonyl (C=O) groups is 2. The molecule has 4 heterocycles. The summed E-state index contributed by atoms with van der Waals surface area (Å²) in [6.45, 7) is 3.67. The van der Waals surface area contributed by atoms with Gasteiger partial charge in [-0.25, -0.2) is 28.3 Å².